The first-order chi connectivity index (χ1) is 8.63. The molecule has 18 heavy (non-hydrogen) atoms. The number of hydrogen-bond acceptors (Lipinski definition) is 2. The molecule has 0 aliphatic heterocycles. The first kappa shape index (κ1) is 11.7. The Bertz CT molecular complexity index is 563. The molecule has 0 radical (unpaired) electrons. The van der Waals surface area contributed by atoms with Crippen molar-refractivity contribution in [1.82, 2.24) is 0 Å². The number of benzene rings is 1. The number of fused-ring (bicyclic) bond motifs is 1. The van der Waals surface area contributed by atoms with Crippen LogP contribution in [0.2, 0.25) is 0 Å². The lowest BCUT2D eigenvalue weighted by atomic mass is 9.96. The van der Waals surface area contributed by atoms with Gasteiger partial charge in [0.25, 0.3) is 0 Å². The van der Waals surface area contributed by atoms with Crippen LogP contribution in [-0.4, -0.2) is 0 Å². The van der Waals surface area contributed by atoms with Gasteiger partial charge in [0.05, 0.1) is 6.04 Å². The molecule has 1 fully saturated rings. The average molecular weight is 247 g/mol. The van der Waals surface area contributed by atoms with Crippen molar-refractivity contribution < 1.29 is 8.81 Å². The second kappa shape index (κ2) is 4.39. The molecule has 0 bridgehead atoms. The molecule has 1 aromatic carbocycles. The van der Waals surface area contributed by atoms with E-state index in [1.54, 1.807) is 6.07 Å². The van der Waals surface area contributed by atoms with Crippen LogP contribution in [0, 0.1) is 17.7 Å². The van der Waals surface area contributed by atoms with Crippen LogP contribution in [0.4, 0.5) is 4.39 Å². The van der Waals surface area contributed by atoms with Crippen LogP contribution in [0.3, 0.4) is 0 Å². The van der Waals surface area contributed by atoms with Crippen LogP contribution < -0.4 is 5.73 Å². The molecule has 2 nitrogen and oxygen atoms in total. The summed E-state index contributed by atoms with van der Waals surface area (Å²) in [4.78, 5) is 0. The van der Waals surface area contributed by atoms with Crippen molar-refractivity contribution in [3.8, 4) is 0 Å². The number of furan rings is 1. The summed E-state index contributed by atoms with van der Waals surface area (Å²) in [7, 11) is 0. The zero-order valence-electron chi connectivity index (χ0n) is 10.5. The molecule has 3 heteroatoms. The normalized spacial score (nSPS) is 25.7. The highest BCUT2D eigenvalue weighted by molar-refractivity contribution is 5.78. The van der Waals surface area contributed by atoms with Gasteiger partial charge in [-0.15, -0.1) is 0 Å². The molecular formula is C15H18FNO. The van der Waals surface area contributed by atoms with Crippen molar-refractivity contribution in [2.75, 3.05) is 0 Å². The highest BCUT2D eigenvalue weighted by Crippen LogP contribution is 2.38. The largest absolute Gasteiger partial charge is 0.459 e. The monoisotopic (exact) mass is 247 g/mol. The molecular weight excluding hydrogens is 229 g/mol. The molecule has 3 atom stereocenters. The maximum absolute atomic E-state index is 13.1. The topological polar surface area (TPSA) is 39.2 Å². The first-order valence-corrected chi connectivity index (χ1v) is 6.58. The summed E-state index contributed by atoms with van der Waals surface area (Å²) >= 11 is 0. The number of hydrogen-bond donors (Lipinski definition) is 1. The van der Waals surface area contributed by atoms with Crippen molar-refractivity contribution in [3.63, 3.8) is 0 Å². The minimum atomic E-state index is -0.238. The van der Waals surface area contributed by atoms with E-state index in [4.69, 9.17) is 10.2 Å². The molecule has 2 N–H and O–H groups in total. The third-order valence-corrected chi connectivity index (χ3v) is 4.07. The zero-order valence-corrected chi connectivity index (χ0v) is 10.5. The Morgan fingerprint density at radius 3 is 2.89 bits per heavy atom. The quantitative estimate of drug-likeness (QED) is 0.870. The van der Waals surface area contributed by atoms with Gasteiger partial charge in [-0.25, -0.2) is 4.39 Å². The summed E-state index contributed by atoms with van der Waals surface area (Å²) in [6.07, 6.45) is 3.56. The standard InChI is InChI=1S/C15H18FNO/c1-9-2-3-10(6-9)15(17)14-8-11-7-12(16)4-5-13(11)18-14/h4-5,7-10,15H,2-3,6,17H2,1H3. The molecule has 3 rings (SSSR count). The fourth-order valence-corrected chi connectivity index (χ4v) is 3.01. The Labute approximate surface area is 106 Å². The summed E-state index contributed by atoms with van der Waals surface area (Å²) in [6, 6.07) is 6.39. The van der Waals surface area contributed by atoms with Gasteiger partial charge in [0.2, 0.25) is 0 Å². The Hall–Kier alpha value is -1.35. The van der Waals surface area contributed by atoms with E-state index in [-0.39, 0.29) is 11.9 Å². The van der Waals surface area contributed by atoms with Crippen molar-refractivity contribution >= 4 is 11.0 Å². The van der Waals surface area contributed by atoms with E-state index in [0.29, 0.717) is 11.5 Å². The molecule has 96 valence electrons. The number of halogens is 1. The summed E-state index contributed by atoms with van der Waals surface area (Å²) in [6.45, 7) is 2.26. The second-order valence-corrected chi connectivity index (χ2v) is 5.54. The van der Waals surface area contributed by atoms with Gasteiger partial charge in [-0.1, -0.05) is 13.3 Å². The van der Waals surface area contributed by atoms with Crippen molar-refractivity contribution in [1.29, 1.82) is 0 Å². The molecule has 2 aromatic rings. The third-order valence-electron chi connectivity index (χ3n) is 4.07. The van der Waals surface area contributed by atoms with Gasteiger partial charge in [-0.05, 0) is 48.9 Å². The fraction of sp³-hybridized carbons (Fsp3) is 0.467. The molecule has 3 unspecified atom stereocenters. The van der Waals surface area contributed by atoms with Crippen LogP contribution in [0.25, 0.3) is 11.0 Å². The van der Waals surface area contributed by atoms with Gasteiger partial charge in [-0.2, -0.15) is 0 Å². The smallest absolute Gasteiger partial charge is 0.134 e. The van der Waals surface area contributed by atoms with Gasteiger partial charge >= 0.3 is 0 Å². The lowest BCUT2D eigenvalue weighted by molar-refractivity contribution is 0.371. The Morgan fingerprint density at radius 2 is 2.17 bits per heavy atom. The van der Waals surface area contributed by atoms with Crippen LogP contribution in [0.15, 0.2) is 28.7 Å². The molecule has 0 saturated heterocycles. The molecule has 0 amide bonds. The summed E-state index contributed by atoms with van der Waals surface area (Å²) in [5, 5.41) is 0.798. The third kappa shape index (κ3) is 2.03. The average Bonchev–Trinajstić information content (AvgIpc) is 2.93. The van der Waals surface area contributed by atoms with E-state index < -0.39 is 0 Å². The molecule has 1 heterocycles. The predicted octanol–water partition coefficient (Wildman–Crippen LogP) is 4.01. The van der Waals surface area contributed by atoms with Crippen molar-refractivity contribution in [3.05, 3.63) is 35.8 Å². The zero-order chi connectivity index (χ0) is 12.7. The van der Waals surface area contributed by atoms with E-state index in [2.05, 4.69) is 6.92 Å². The Kier molecular flexibility index (Phi) is 2.86. The van der Waals surface area contributed by atoms with Gasteiger partial charge in [0.1, 0.15) is 17.2 Å². The van der Waals surface area contributed by atoms with E-state index >= 15 is 0 Å². The van der Waals surface area contributed by atoms with Crippen LogP contribution >= 0.6 is 0 Å². The SMILES string of the molecule is CC1CCC(C(N)c2cc3cc(F)ccc3o2)C1. The molecule has 1 aromatic heterocycles. The molecule has 1 saturated carbocycles. The van der Waals surface area contributed by atoms with Crippen molar-refractivity contribution in [2.24, 2.45) is 17.6 Å². The van der Waals surface area contributed by atoms with Gasteiger partial charge in [0.15, 0.2) is 0 Å². The second-order valence-electron chi connectivity index (χ2n) is 5.54. The van der Waals surface area contributed by atoms with Gasteiger partial charge < -0.3 is 10.2 Å². The minimum Gasteiger partial charge on any atom is -0.459 e. The molecule has 1 aliphatic carbocycles. The van der Waals surface area contributed by atoms with Gasteiger partial charge in [-0.3, -0.25) is 0 Å². The first-order valence-electron chi connectivity index (χ1n) is 6.58. The fourth-order valence-electron chi connectivity index (χ4n) is 3.01. The highest BCUT2D eigenvalue weighted by Gasteiger charge is 2.29. The number of rotatable bonds is 2. The van der Waals surface area contributed by atoms with E-state index in [1.165, 1.54) is 18.6 Å². The summed E-state index contributed by atoms with van der Waals surface area (Å²) < 4.78 is 18.9. The maximum Gasteiger partial charge on any atom is 0.134 e. The van der Waals surface area contributed by atoms with E-state index in [0.717, 1.165) is 29.9 Å². The Morgan fingerprint density at radius 1 is 1.33 bits per heavy atom. The highest BCUT2D eigenvalue weighted by atomic mass is 19.1. The van der Waals surface area contributed by atoms with E-state index in [1.807, 2.05) is 6.07 Å². The van der Waals surface area contributed by atoms with Crippen molar-refractivity contribution in [2.45, 2.75) is 32.2 Å². The summed E-state index contributed by atoms with van der Waals surface area (Å²) in [5.41, 5.74) is 6.99. The van der Waals surface area contributed by atoms with Crippen LogP contribution in [0.5, 0.6) is 0 Å². The lowest BCUT2D eigenvalue weighted by Crippen LogP contribution is -2.18. The Balaban J connectivity index is 1.89. The minimum absolute atomic E-state index is 0.0644. The van der Waals surface area contributed by atoms with Gasteiger partial charge in [0, 0.05) is 5.39 Å². The molecule has 0 spiro atoms. The van der Waals surface area contributed by atoms with E-state index in [9.17, 15) is 4.39 Å². The molecule has 1 aliphatic rings. The maximum atomic E-state index is 13.1. The number of nitrogens with two attached hydrogens (primary N) is 1. The predicted molar refractivity (Wildman–Crippen MR) is 69.6 cm³/mol. The van der Waals surface area contributed by atoms with Crippen LogP contribution in [0.1, 0.15) is 38.0 Å². The lowest BCUT2D eigenvalue weighted by Gasteiger charge is -2.16. The van der Waals surface area contributed by atoms with Crippen LogP contribution in [-0.2, 0) is 0 Å². The summed E-state index contributed by atoms with van der Waals surface area (Å²) in [5.74, 6) is 1.79.